The standard InChI is InChI=1S/C16H24ClN3O/c1-3-7-18-12(2)13-4-5-15(14(17)11-13)20-9-6-16(21)19-8-10-20/h4-5,11-12,18H,3,6-10H2,1-2H3,(H,19,21). The van der Waals surface area contributed by atoms with Crippen LogP contribution in [0.1, 0.15) is 38.3 Å². The van der Waals surface area contributed by atoms with Crippen molar-refractivity contribution in [2.75, 3.05) is 31.1 Å². The fourth-order valence-corrected chi connectivity index (χ4v) is 2.84. The number of carbonyl (C=O) groups excluding carboxylic acids is 1. The van der Waals surface area contributed by atoms with Gasteiger partial charge in [0, 0.05) is 32.1 Å². The van der Waals surface area contributed by atoms with Gasteiger partial charge in [-0.2, -0.15) is 0 Å². The van der Waals surface area contributed by atoms with E-state index >= 15 is 0 Å². The van der Waals surface area contributed by atoms with Gasteiger partial charge in [0.2, 0.25) is 5.91 Å². The number of anilines is 1. The Morgan fingerprint density at radius 2 is 2.24 bits per heavy atom. The molecule has 116 valence electrons. The van der Waals surface area contributed by atoms with Crippen LogP contribution in [0.15, 0.2) is 18.2 Å². The van der Waals surface area contributed by atoms with Gasteiger partial charge in [0.25, 0.3) is 0 Å². The second-order valence-corrected chi connectivity index (χ2v) is 5.88. The van der Waals surface area contributed by atoms with Gasteiger partial charge in [-0.25, -0.2) is 0 Å². The van der Waals surface area contributed by atoms with E-state index in [1.807, 2.05) is 6.07 Å². The van der Waals surface area contributed by atoms with Crippen LogP contribution in [-0.4, -0.2) is 32.1 Å². The molecule has 0 radical (unpaired) electrons. The van der Waals surface area contributed by atoms with Crippen LogP contribution in [0.2, 0.25) is 5.02 Å². The Morgan fingerprint density at radius 1 is 1.43 bits per heavy atom. The van der Waals surface area contributed by atoms with Gasteiger partial charge in [-0.15, -0.1) is 0 Å². The number of nitrogens with one attached hydrogen (secondary N) is 2. The number of hydrogen-bond donors (Lipinski definition) is 2. The Bertz CT molecular complexity index is 492. The number of hydrogen-bond acceptors (Lipinski definition) is 3. The van der Waals surface area contributed by atoms with Gasteiger partial charge in [-0.1, -0.05) is 24.6 Å². The summed E-state index contributed by atoms with van der Waals surface area (Å²) in [6.07, 6.45) is 1.64. The van der Waals surface area contributed by atoms with Gasteiger partial charge in [-0.05, 0) is 37.6 Å². The summed E-state index contributed by atoms with van der Waals surface area (Å²) in [5.41, 5.74) is 2.21. The zero-order valence-electron chi connectivity index (χ0n) is 12.8. The van der Waals surface area contributed by atoms with Gasteiger partial charge in [0.05, 0.1) is 10.7 Å². The quantitative estimate of drug-likeness (QED) is 0.879. The Kier molecular flexibility index (Phi) is 5.88. The average Bonchev–Trinajstić information content (AvgIpc) is 2.69. The van der Waals surface area contributed by atoms with Crippen LogP contribution >= 0.6 is 11.6 Å². The van der Waals surface area contributed by atoms with Crippen LogP contribution < -0.4 is 15.5 Å². The molecule has 2 N–H and O–H groups in total. The largest absolute Gasteiger partial charge is 0.368 e. The Labute approximate surface area is 131 Å². The lowest BCUT2D eigenvalue weighted by atomic mass is 10.1. The first-order chi connectivity index (χ1) is 10.1. The molecule has 0 bridgehead atoms. The number of nitrogens with zero attached hydrogens (tertiary/aromatic N) is 1. The number of amides is 1. The molecule has 0 saturated carbocycles. The maximum atomic E-state index is 11.4. The van der Waals surface area contributed by atoms with E-state index in [1.54, 1.807) is 0 Å². The number of benzene rings is 1. The van der Waals surface area contributed by atoms with E-state index in [4.69, 9.17) is 11.6 Å². The van der Waals surface area contributed by atoms with Crippen LogP contribution in [0.25, 0.3) is 0 Å². The third-order valence-corrected chi connectivity index (χ3v) is 4.13. The van der Waals surface area contributed by atoms with Crippen molar-refractivity contribution in [3.05, 3.63) is 28.8 Å². The van der Waals surface area contributed by atoms with E-state index in [9.17, 15) is 4.79 Å². The van der Waals surface area contributed by atoms with Crippen LogP contribution in [0.3, 0.4) is 0 Å². The number of halogens is 1. The molecule has 0 aromatic heterocycles. The lowest BCUT2D eigenvalue weighted by Crippen LogP contribution is -2.28. The van der Waals surface area contributed by atoms with Crippen molar-refractivity contribution in [1.29, 1.82) is 0 Å². The van der Waals surface area contributed by atoms with Gasteiger partial charge < -0.3 is 15.5 Å². The first-order valence-electron chi connectivity index (χ1n) is 7.66. The topological polar surface area (TPSA) is 44.4 Å². The van der Waals surface area contributed by atoms with E-state index in [2.05, 4.69) is 41.5 Å². The minimum atomic E-state index is 0.114. The van der Waals surface area contributed by atoms with Crippen molar-refractivity contribution in [3.63, 3.8) is 0 Å². The lowest BCUT2D eigenvalue weighted by Gasteiger charge is -2.24. The van der Waals surface area contributed by atoms with Gasteiger partial charge in [0.15, 0.2) is 0 Å². The smallest absolute Gasteiger partial charge is 0.221 e. The van der Waals surface area contributed by atoms with Crippen LogP contribution in [-0.2, 0) is 4.79 Å². The Hall–Kier alpha value is -1.26. The molecular formula is C16H24ClN3O. The molecule has 4 nitrogen and oxygen atoms in total. The SMILES string of the molecule is CCCNC(C)c1ccc(N2CCNC(=O)CC2)c(Cl)c1. The van der Waals surface area contributed by atoms with Crippen LogP contribution in [0.4, 0.5) is 5.69 Å². The maximum absolute atomic E-state index is 11.4. The van der Waals surface area contributed by atoms with Crippen molar-refractivity contribution in [2.45, 2.75) is 32.7 Å². The third-order valence-electron chi connectivity index (χ3n) is 3.83. The van der Waals surface area contributed by atoms with Gasteiger partial charge in [0.1, 0.15) is 0 Å². The fourth-order valence-electron chi connectivity index (χ4n) is 2.54. The summed E-state index contributed by atoms with van der Waals surface area (Å²) < 4.78 is 0. The molecule has 2 rings (SSSR count). The molecule has 1 amide bonds. The zero-order valence-corrected chi connectivity index (χ0v) is 13.5. The third kappa shape index (κ3) is 4.35. The second-order valence-electron chi connectivity index (χ2n) is 5.47. The molecule has 1 atom stereocenters. The number of carbonyl (C=O) groups is 1. The summed E-state index contributed by atoms with van der Waals surface area (Å²) in [4.78, 5) is 13.6. The average molecular weight is 310 g/mol. The highest BCUT2D eigenvalue weighted by Gasteiger charge is 2.17. The molecule has 1 heterocycles. The van der Waals surface area contributed by atoms with E-state index in [0.717, 1.165) is 30.2 Å². The van der Waals surface area contributed by atoms with Crippen LogP contribution in [0, 0.1) is 0 Å². The predicted octanol–water partition coefficient (Wildman–Crippen LogP) is 2.73. The molecular weight excluding hydrogens is 286 g/mol. The van der Waals surface area contributed by atoms with Crippen molar-refractivity contribution in [2.24, 2.45) is 0 Å². The maximum Gasteiger partial charge on any atom is 0.221 e. The monoisotopic (exact) mass is 309 g/mol. The minimum absolute atomic E-state index is 0.114. The summed E-state index contributed by atoms with van der Waals surface area (Å²) in [6, 6.07) is 6.51. The van der Waals surface area contributed by atoms with E-state index in [0.29, 0.717) is 25.6 Å². The summed E-state index contributed by atoms with van der Waals surface area (Å²) in [7, 11) is 0. The molecule has 1 aliphatic heterocycles. The molecule has 0 aliphatic carbocycles. The van der Waals surface area contributed by atoms with E-state index in [-0.39, 0.29) is 5.91 Å². The minimum Gasteiger partial charge on any atom is -0.368 e. The first kappa shape index (κ1) is 16.1. The molecule has 21 heavy (non-hydrogen) atoms. The van der Waals surface area contributed by atoms with E-state index in [1.165, 1.54) is 5.56 Å². The Balaban J connectivity index is 2.09. The van der Waals surface area contributed by atoms with Crippen LogP contribution in [0.5, 0.6) is 0 Å². The molecule has 1 saturated heterocycles. The van der Waals surface area contributed by atoms with Gasteiger partial charge >= 0.3 is 0 Å². The van der Waals surface area contributed by atoms with Crippen molar-refractivity contribution >= 4 is 23.2 Å². The normalized spacial score (nSPS) is 17.3. The molecule has 5 heteroatoms. The Morgan fingerprint density at radius 3 is 2.95 bits per heavy atom. The molecule has 0 spiro atoms. The van der Waals surface area contributed by atoms with E-state index < -0.39 is 0 Å². The summed E-state index contributed by atoms with van der Waals surface area (Å²) in [5, 5.41) is 7.10. The van der Waals surface area contributed by atoms with Crippen molar-refractivity contribution in [3.8, 4) is 0 Å². The molecule has 1 aromatic carbocycles. The highest BCUT2D eigenvalue weighted by Crippen LogP contribution is 2.29. The highest BCUT2D eigenvalue weighted by atomic mass is 35.5. The van der Waals surface area contributed by atoms with Crippen molar-refractivity contribution in [1.82, 2.24) is 10.6 Å². The van der Waals surface area contributed by atoms with Gasteiger partial charge in [-0.3, -0.25) is 4.79 Å². The predicted molar refractivity (Wildman–Crippen MR) is 88.0 cm³/mol. The fraction of sp³-hybridized carbons (Fsp3) is 0.562. The first-order valence-corrected chi connectivity index (χ1v) is 8.04. The molecule has 1 fully saturated rings. The zero-order chi connectivity index (χ0) is 15.2. The summed E-state index contributed by atoms with van der Waals surface area (Å²) in [6.45, 7) is 7.49. The molecule has 1 unspecified atom stereocenters. The highest BCUT2D eigenvalue weighted by molar-refractivity contribution is 6.33. The summed E-state index contributed by atoms with van der Waals surface area (Å²) in [5.74, 6) is 0.114. The lowest BCUT2D eigenvalue weighted by molar-refractivity contribution is -0.120. The number of rotatable bonds is 5. The molecule has 1 aromatic rings. The molecule has 1 aliphatic rings. The summed E-state index contributed by atoms with van der Waals surface area (Å²) >= 11 is 6.46. The second kappa shape index (κ2) is 7.66. The van der Waals surface area contributed by atoms with Crippen molar-refractivity contribution < 1.29 is 4.79 Å².